The molecule has 0 atom stereocenters. The molecule has 2 aromatic carbocycles. The van der Waals surface area contributed by atoms with Crippen LogP contribution in [0.25, 0.3) is 22.3 Å². The summed E-state index contributed by atoms with van der Waals surface area (Å²) in [6.07, 6.45) is -2.92. The second kappa shape index (κ2) is 7.72. The number of rotatable bonds is 4. The lowest BCUT2D eigenvalue weighted by Gasteiger charge is -2.14. The van der Waals surface area contributed by atoms with E-state index in [0.29, 0.717) is 28.1 Å². The van der Waals surface area contributed by atoms with Crippen molar-refractivity contribution in [2.45, 2.75) is 6.18 Å². The Morgan fingerprint density at radius 3 is 2.32 bits per heavy atom. The minimum absolute atomic E-state index is 0.282. The topological polar surface area (TPSA) is 48.4 Å². The number of aromatic nitrogens is 1. The summed E-state index contributed by atoms with van der Waals surface area (Å²) in [5.74, 6) is -0.146. The predicted octanol–water partition coefficient (Wildman–Crippen LogP) is 5.23. The van der Waals surface area contributed by atoms with Gasteiger partial charge in [0.05, 0.1) is 25.3 Å². The number of hydrogen-bond acceptors (Lipinski definition) is 4. The third-order valence-corrected chi connectivity index (χ3v) is 4.20. The van der Waals surface area contributed by atoms with Crippen LogP contribution in [0.4, 0.5) is 13.2 Å². The molecule has 3 rings (SSSR count). The molecule has 0 unspecified atom stereocenters. The predicted molar refractivity (Wildman–Crippen MR) is 98.0 cm³/mol. The highest BCUT2D eigenvalue weighted by Crippen LogP contribution is 2.37. The number of nitrogens with zero attached hydrogens (tertiary/aromatic N) is 1. The van der Waals surface area contributed by atoms with Gasteiger partial charge in [-0.05, 0) is 47.0 Å². The third kappa shape index (κ3) is 3.98. The lowest BCUT2D eigenvalue weighted by atomic mass is 9.92. The van der Waals surface area contributed by atoms with Gasteiger partial charge in [0, 0.05) is 17.8 Å². The second-order valence-electron chi connectivity index (χ2n) is 5.92. The van der Waals surface area contributed by atoms with Crippen molar-refractivity contribution in [3.63, 3.8) is 0 Å². The van der Waals surface area contributed by atoms with Gasteiger partial charge in [0.2, 0.25) is 5.88 Å². The highest BCUT2D eigenvalue weighted by Gasteiger charge is 2.30. The molecule has 144 valence electrons. The van der Waals surface area contributed by atoms with Crippen LogP contribution in [-0.2, 0) is 10.9 Å². The Balaban J connectivity index is 2.19. The van der Waals surface area contributed by atoms with Gasteiger partial charge >= 0.3 is 12.1 Å². The molecule has 3 aromatic rings. The van der Waals surface area contributed by atoms with Gasteiger partial charge in [-0.3, -0.25) is 0 Å². The monoisotopic (exact) mass is 387 g/mol. The van der Waals surface area contributed by atoms with Crippen LogP contribution in [0.1, 0.15) is 15.9 Å². The Hall–Kier alpha value is -3.35. The van der Waals surface area contributed by atoms with Crippen molar-refractivity contribution in [1.29, 1.82) is 0 Å². The average molecular weight is 387 g/mol. The standard InChI is InChI=1S/C21H16F3NO3/c1-27-19-9-7-15(12-25-19)18-11-14(20(26)28-2)6-8-17(18)13-4-3-5-16(10-13)21(22,23)24/h3-12H,1-2H3. The number of halogens is 3. The first kappa shape index (κ1) is 19.4. The molecule has 4 nitrogen and oxygen atoms in total. The summed E-state index contributed by atoms with van der Waals surface area (Å²) < 4.78 is 49.2. The van der Waals surface area contributed by atoms with E-state index in [1.807, 2.05) is 0 Å². The van der Waals surface area contributed by atoms with Crippen molar-refractivity contribution in [3.05, 3.63) is 71.9 Å². The van der Waals surface area contributed by atoms with Crippen LogP contribution in [0.5, 0.6) is 5.88 Å². The highest BCUT2D eigenvalue weighted by molar-refractivity contribution is 5.94. The number of pyridine rings is 1. The number of esters is 1. The van der Waals surface area contributed by atoms with E-state index in [0.717, 1.165) is 12.1 Å². The SMILES string of the molecule is COC(=O)c1ccc(-c2cccc(C(F)(F)F)c2)c(-c2ccc(OC)nc2)c1. The normalized spacial score (nSPS) is 11.2. The molecule has 0 aliphatic heterocycles. The molecule has 0 aliphatic carbocycles. The summed E-state index contributed by atoms with van der Waals surface area (Å²) in [6, 6.07) is 13.1. The molecule has 0 saturated carbocycles. The van der Waals surface area contributed by atoms with Crippen molar-refractivity contribution in [1.82, 2.24) is 4.98 Å². The lowest BCUT2D eigenvalue weighted by molar-refractivity contribution is -0.137. The molecular weight excluding hydrogens is 371 g/mol. The Kier molecular flexibility index (Phi) is 5.35. The zero-order valence-corrected chi connectivity index (χ0v) is 15.1. The molecule has 0 spiro atoms. The minimum atomic E-state index is -4.45. The molecular formula is C21H16F3NO3. The molecule has 0 amide bonds. The number of carbonyl (C=O) groups excluding carboxylic acids is 1. The fourth-order valence-corrected chi connectivity index (χ4v) is 2.80. The van der Waals surface area contributed by atoms with Gasteiger partial charge in [0.15, 0.2) is 0 Å². The molecule has 0 bridgehead atoms. The van der Waals surface area contributed by atoms with Gasteiger partial charge in [0.1, 0.15) is 0 Å². The summed E-state index contributed by atoms with van der Waals surface area (Å²) in [5.41, 5.74) is 1.61. The Bertz CT molecular complexity index is 999. The smallest absolute Gasteiger partial charge is 0.416 e. The molecule has 0 N–H and O–H groups in total. The van der Waals surface area contributed by atoms with E-state index in [1.54, 1.807) is 30.3 Å². The maximum Gasteiger partial charge on any atom is 0.416 e. The van der Waals surface area contributed by atoms with Crippen LogP contribution in [-0.4, -0.2) is 25.2 Å². The molecule has 1 heterocycles. The molecule has 7 heteroatoms. The van der Waals surface area contributed by atoms with Gasteiger partial charge in [0.25, 0.3) is 0 Å². The van der Waals surface area contributed by atoms with Crippen molar-refractivity contribution >= 4 is 5.97 Å². The molecule has 1 aromatic heterocycles. The number of ether oxygens (including phenoxy) is 2. The Morgan fingerprint density at radius 2 is 1.71 bits per heavy atom. The average Bonchev–Trinajstić information content (AvgIpc) is 2.72. The Labute approximate surface area is 159 Å². The van der Waals surface area contributed by atoms with Crippen molar-refractivity contribution in [2.75, 3.05) is 14.2 Å². The number of alkyl halides is 3. The summed E-state index contributed by atoms with van der Waals surface area (Å²) in [6.45, 7) is 0. The molecule has 0 aliphatic rings. The van der Waals surface area contributed by atoms with Crippen LogP contribution < -0.4 is 4.74 Å². The fraction of sp³-hybridized carbons (Fsp3) is 0.143. The maximum absolute atomic E-state index is 13.1. The van der Waals surface area contributed by atoms with Crippen molar-refractivity contribution in [2.24, 2.45) is 0 Å². The minimum Gasteiger partial charge on any atom is -0.481 e. The molecule has 0 radical (unpaired) electrons. The lowest BCUT2D eigenvalue weighted by Crippen LogP contribution is -2.05. The van der Waals surface area contributed by atoms with Crippen LogP contribution >= 0.6 is 0 Å². The van der Waals surface area contributed by atoms with Crippen LogP contribution in [0.3, 0.4) is 0 Å². The highest BCUT2D eigenvalue weighted by atomic mass is 19.4. The third-order valence-electron chi connectivity index (χ3n) is 4.20. The van der Waals surface area contributed by atoms with E-state index >= 15 is 0 Å². The van der Waals surface area contributed by atoms with Gasteiger partial charge in [-0.25, -0.2) is 9.78 Å². The zero-order valence-electron chi connectivity index (χ0n) is 15.1. The van der Waals surface area contributed by atoms with Crippen molar-refractivity contribution < 1.29 is 27.4 Å². The van der Waals surface area contributed by atoms with E-state index in [1.165, 1.54) is 32.5 Å². The summed E-state index contributed by atoms with van der Waals surface area (Å²) in [4.78, 5) is 16.1. The van der Waals surface area contributed by atoms with E-state index in [2.05, 4.69) is 4.98 Å². The van der Waals surface area contributed by atoms with Crippen LogP contribution in [0.15, 0.2) is 60.8 Å². The molecule has 28 heavy (non-hydrogen) atoms. The van der Waals surface area contributed by atoms with Crippen molar-refractivity contribution in [3.8, 4) is 28.1 Å². The summed E-state index contributed by atoms with van der Waals surface area (Å²) in [7, 11) is 2.74. The maximum atomic E-state index is 13.1. The van der Waals surface area contributed by atoms with E-state index < -0.39 is 17.7 Å². The number of methoxy groups -OCH3 is 2. The molecule has 0 fully saturated rings. The van der Waals surface area contributed by atoms with E-state index in [4.69, 9.17) is 9.47 Å². The zero-order chi connectivity index (χ0) is 20.3. The van der Waals surface area contributed by atoms with Gasteiger partial charge in [-0.1, -0.05) is 18.2 Å². The molecule has 0 saturated heterocycles. The largest absolute Gasteiger partial charge is 0.481 e. The number of benzene rings is 2. The van der Waals surface area contributed by atoms with E-state index in [9.17, 15) is 18.0 Å². The Morgan fingerprint density at radius 1 is 0.929 bits per heavy atom. The number of carbonyl (C=O) groups is 1. The first-order valence-corrected chi connectivity index (χ1v) is 8.24. The summed E-state index contributed by atoms with van der Waals surface area (Å²) in [5, 5.41) is 0. The van der Waals surface area contributed by atoms with Crippen LogP contribution in [0, 0.1) is 0 Å². The summed E-state index contributed by atoms with van der Waals surface area (Å²) >= 11 is 0. The van der Waals surface area contributed by atoms with E-state index in [-0.39, 0.29) is 5.56 Å². The number of hydrogen-bond donors (Lipinski definition) is 0. The quantitative estimate of drug-likeness (QED) is 0.575. The van der Waals surface area contributed by atoms with Gasteiger partial charge in [-0.2, -0.15) is 13.2 Å². The van der Waals surface area contributed by atoms with Crippen LogP contribution in [0.2, 0.25) is 0 Å². The fourth-order valence-electron chi connectivity index (χ4n) is 2.80. The van der Waals surface area contributed by atoms with Gasteiger partial charge < -0.3 is 9.47 Å². The van der Waals surface area contributed by atoms with Gasteiger partial charge in [-0.15, -0.1) is 0 Å². The first-order valence-electron chi connectivity index (χ1n) is 8.24. The second-order valence-corrected chi connectivity index (χ2v) is 5.92. The first-order chi connectivity index (χ1) is 13.3.